The first-order chi connectivity index (χ1) is 20.8. The molecule has 45 heavy (non-hydrogen) atoms. The number of urea groups is 1. The largest absolute Gasteiger partial charge is 0.459 e. The minimum atomic E-state index is -1.11. The van der Waals surface area contributed by atoms with Crippen LogP contribution in [-0.2, 0) is 28.7 Å². The molecule has 4 unspecified atom stereocenters. The third-order valence-electron chi connectivity index (χ3n) is 8.89. The van der Waals surface area contributed by atoms with Crippen LogP contribution in [0.25, 0.3) is 0 Å². The Morgan fingerprint density at radius 1 is 0.867 bits per heavy atom. The number of primary amides is 1. The number of nitrogens with two attached hydrogens (primary N) is 1. The quantitative estimate of drug-likeness (QED) is 0.210. The van der Waals surface area contributed by atoms with Crippen molar-refractivity contribution < 1.29 is 33.5 Å². The van der Waals surface area contributed by atoms with E-state index in [9.17, 15) is 28.8 Å². The van der Waals surface area contributed by atoms with Crippen LogP contribution in [-0.4, -0.2) is 77.2 Å². The maximum Gasteiger partial charge on any atom is 0.325 e. The second-order valence-corrected chi connectivity index (χ2v) is 15.1. The van der Waals surface area contributed by atoms with Crippen molar-refractivity contribution in [2.75, 3.05) is 13.1 Å². The molecule has 0 bridgehead atoms. The molecule has 2 aliphatic carbocycles. The van der Waals surface area contributed by atoms with E-state index in [-0.39, 0.29) is 30.8 Å². The number of hydrogen-bond donors (Lipinski definition) is 4. The highest BCUT2D eigenvalue weighted by molar-refractivity contribution is 6.37. The number of ketones is 1. The summed E-state index contributed by atoms with van der Waals surface area (Å²) in [6, 6.07) is -3.72. The first-order valence-corrected chi connectivity index (χ1v) is 16.5. The Kier molecular flexibility index (Phi) is 13.9. The number of esters is 1. The molecular formula is C33H57N5O7. The lowest BCUT2D eigenvalue weighted by Crippen LogP contribution is -2.61. The number of Topliss-reactive ketones (excluding diaryl/α,β-unsaturated/α-hetero) is 1. The number of ether oxygens (including phenoxy) is 1. The second kappa shape index (κ2) is 16.4. The van der Waals surface area contributed by atoms with Crippen LogP contribution in [0.1, 0.15) is 113 Å². The summed E-state index contributed by atoms with van der Waals surface area (Å²) in [4.78, 5) is 77.8. The zero-order valence-electron chi connectivity index (χ0n) is 28.6. The van der Waals surface area contributed by atoms with E-state index in [1.54, 1.807) is 41.5 Å². The van der Waals surface area contributed by atoms with Gasteiger partial charge in [-0.3, -0.25) is 24.0 Å². The monoisotopic (exact) mass is 635 g/mol. The van der Waals surface area contributed by atoms with Gasteiger partial charge < -0.3 is 31.3 Å². The molecule has 0 aromatic carbocycles. The minimum Gasteiger partial charge on any atom is -0.459 e. The number of carbonyl (C=O) groups excluding carboxylic acids is 6. The lowest BCUT2D eigenvalue weighted by atomic mass is 9.80. The van der Waals surface area contributed by atoms with Gasteiger partial charge in [-0.1, -0.05) is 86.0 Å². The predicted molar refractivity (Wildman–Crippen MR) is 171 cm³/mol. The van der Waals surface area contributed by atoms with Gasteiger partial charge in [-0.25, -0.2) is 4.79 Å². The average Bonchev–Trinajstić information content (AvgIpc) is 3.57. The number of carbonyl (C=O) groups is 6. The van der Waals surface area contributed by atoms with Gasteiger partial charge in [0.1, 0.15) is 24.2 Å². The molecule has 0 aromatic rings. The smallest absolute Gasteiger partial charge is 0.325 e. The van der Waals surface area contributed by atoms with Crippen molar-refractivity contribution >= 4 is 35.5 Å². The van der Waals surface area contributed by atoms with Crippen LogP contribution in [0.3, 0.4) is 0 Å². The van der Waals surface area contributed by atoms with Gasteiger partial charge in [-0.2, -0.15) is 0 Å². The average molecular weight is 636 g/mol. The summed E-state index contributed by atoms with van der Waals surface area (Å²) in [5, 5.41) is 7.80. The molecule has 1 aliphatic heterocycles. The van der Waals surface area contributed by atoms with Crippen molar-refractivity contribution in [2.45, 2.75) is 137 Å². The van der Waals surface area contributed by atoms with Crippen molar-refractivity contribution in [2.24, 2.45) is 28.9 Å². The van der Waals surface area contributed by atoms with Crippen LogP contribution in [0.5, 0.6) is 0 Å². The maximum absolute atomic E-state index is 13.9. The standard InChI is InChI=1S/C28H47N5O7.C5H10/c1-15-14-33(20(16(15)2)24(37)31-18(21(35)23(29)36)12-17-10-9-11-17)25(38)22(27(3,4)5)32-26(39)30-13-19(34)40-28(6,7)8;1-2-4-5-3-1/h15-18,20,22H,9-14H2,1-8H3,(H2,29,36)(H,31,37)(H2,30,32,39);1-5H2/t15-,16?,18?,20?,22?;/m0./s1. The summed E-state index contributed by atoms with van der Waals surface area (Å²) in [7, 11) is 0. The summed E-state index contributed by atoms with van der Waals surface area (Å²) in [6.07, 6.45) is 10.7. The lowest BCUT2D eigenvalue weighted by molar-refractivity contribution is -0.153. The molecule has 12 heteroatoms. The molecule has 0 radical (unpaired) electrons. The van der Waals surface area contributed by atoms with Gasteiger partial charge in [0.25, 0.3) is 5.91 Å². The molecule has 12 nitrogen and oxygen atoms in total. The molecule has 3 fully saturated rings. The highest BCUT2D eigenvalue weighted by atomic mass is 16.6. The van der Waals surface area contributed by atoms with Crippen LogP contribution in [0.15, 0.2) is 0 Å². The SMILES string of the molecule is C1CCCC1.CC1C(C(=O)NC(CC2CCC2)C(=O)C(N)=O)N(C(=O)C(NC(=O)NCC(=O)OC(C)(C)C)C(C)(C)C)C[C@@H]1C. The molecule has 0 spiro atoms. The molecule has 1 saturated heterocycles. The third-order valence-corrected chi connectivity index (χ3v) is 8.89. The first kappa shape index (κ1) is 38.0. The number of rotatable bonds is 10. The molecular weight excluding hydrogens is 578 g/mol. The van der Waals surface area contributed by atoms with E-state index < -0.39 is 64.6 Å². The Morgan fingerprint density at radius 2 is 1.42 bits per heavy atom. The predicted octanol–water partition coefficient (Wildman–Crippen LogP) is 3.20. The van der Waals surface area contributed by atoms with Gasteiger partial charge in [-0.15, -0.1) is 0 Å². The summed E-state index contributed by atoms with van der Waals surface area (Å²) in [5.41, 5.74) is 3.80. The molecule has 5 atom stereocenters. The van der Waals surface area contributed by atoms with Gasteiger partial charge in [0.05, 0.1) is 6.04 Å². The number of amides is 5. The van der Waals surface area contributed by atoms with Gasteiger partial charge in [0.2, 0.25) is 17.6 Å². The van der Waals surface area contributed by atoms with Crippen molar-refractivity contribution in [3.05, 3.63) is 0 Å². The number of likely N-dealkylation sites (tertiary alicyclic amines) is 1. The molecule has 1 heterocycles. The Balaban J connectivity index is 0.00000128. The summed E-state index contributed by atoms with van der Waals surface area (Å²) in [6.45, 7) is 14.1. The van der Waals surface area contributed by atoms with E-state index in [0.29, 0.717) is 6.42 Å². The van der Waals surface area contributed by atoms with Gasteiger partial charge in [-0.05, 0) is 50.4 Å². The second-order valence-electron chi connectivity index (χ2n) is 15.1. The van der Waals surface area contributed by atoms with Gasteiger partial charge in [0.15, 0.2) is 0 Å². The molecule has 0 aromatic heterocycles. The Labute approximate surface area is 268 Å². The Bertz CT molecular complexity index is 1060. The van der Waals surface area contributed by atoms with Crippen LogP contribution in [0.2, 0.25) is 0 Å². The maximum atomic E-state index is 13.9. The highest BCUT2D eigenvalue weighted by Gasteiger charge is 2.48. The normalized spacial score (nSPS) is 23.0. The zero-order valence-corrected chi connectivity index (χ0v) is 28.6. The lowest BCUT2D eigenvalue weighted by Gasteiger charge is -2.36. The molecule has 5 amide bonds. The van der Waals surface area contributed by atoms with E-state index in [0.717, 1.165) is 19.3 Å². The van der Waals surface area contributed by atoms with Crippen molar-refractivity contribution in [1.82, 2.24) is 20.9 Å². The number of nitrogens with one attached hydrogen (secondary N) is 3. The van der Waals surface area contributed by atoms with E-state index >= 15 is 0 Å². The fourth-order valence-electron chi connectivity index (χ4n) is 5.93. The molecule has 5 N–H and O–H groups in total. The third kappa shape index (κ3) is 11.9. The van der Waals surface area contributed by atoms with Crippen LogP contribution in [0.4, 0.5) is 4.79 Å². The molecule has 3 aliphatic rings. The van der Waals surface area contributed by atoms with Crippen molar-refractivity contribution in [3.63, 3.8) is 0 Å². The highest BCUT2D eigenvalue weighted by Crippen LogP contribution is 2.34. The fraction of sp³-hybridized carbons (Fsp3) is 0.818. The summed E-state index contributed by atoms with van der Waals surface area (Å²) >= 11 is 0. The molecule has 3 rings (SSSR count). The number of nitrogens with zero attached hydrogens (tertiary/aromatic N) is 1. The minimum absolute atomic E-state index is 0.0433. The zero-order chi connectivity index (χ0) is 34.1. The van der Waals surface area contributed by atoms with E-state index in [1.807, 2.05) is 13.8 Å². The van der Waals surface area contributed by atoms with Crippen molar-refractivity contribution in [3.8, 4) is 0 Å². The summed E-state index contributed by atoms with van der Waals surface area (Å²) < 4.78 is 5.20. The van der Waals surface area contributed by atoms with E-state index in [2.05, 4.69) is 16.0 Å². The first-order valence-electron chi connectivity index (χ1n) is 16.5. The topological polar surface area (TPSA) is 177 Å². The van der Waals surface area contributed by atoms with Gasteiger partial charge in [0, 0.05) is 6.54 Å². The van der Waals surface area contributed by atoms with E-state index in [4.69, 9.17) is 10.5 Å². The molecule has 256 valence electrons. The van der Waals surface area contributed by atoms with Crippen LogP contribution >= 0.6 is 0 Å². The van der Waals surface area contributed by atoms with Crippen LogP contribution in [0, 0.1) is 23.2 Å². The Hall–Kier alpha value is -3.18. The van der Waals surface area contributed by atoms with E-state index in [1.165, 1.54) is 37.0 Å². The Morgan fingerprint density at radius 3 is 1.87 bits per heavy atom. The van der Waals surface area contributed by atoms with Gasteiger partial charge >= 0.3 is 12.0 Å². The molecule has 2 saturated carbocycles. The van der Waals surface area contributed by atoms with Crippen LogP contribution < -0.4 is 21.7 Å². The fourth-order valence-corrected chi connectivity index (χ4v) is 5.93. The van der Waals surface area contributed by atoms with Crippen molar-refractivity contribution in [1.29, 1.82) is 0 Å². The number of hydrogen-bond acceptors (Lipinski definition) is 7. The summed E-state index contributed by atoms with van der Waals surface area (Å²) in [5.74, 6) is -3.66.